The third kappa shape index (κ3) is 2.38. The minimum absolute atomic E-state index is 0.0603. The highest BCUT2D eigenvalue weighted by atomic mass is 16.7. The summed E-state index contributed by atoms with van der Waals surface area (Å²) >= 11 is 0. The maximum atomic E-state index is 12.3. The Morgan fingerprint density at radius 1 is 1.32 bits per heavy atom. The van der Waals surface area contributed by atoms with Gasteiger partial charge in [-0.15, -0.1) is 0 Å². The first-order valence-electron chi connectivity index (χ1n) is 6.60. The van der Waals surface area contributed by atoms with Crippen LogP contribution >= 0.6 is 0 Å². The van der Waals surface area contributed by atoms with Crippen LogP contribution in [-0.2, 0) is 0 Å². The number of rotatable bonds is 2. The van der Waals surface area contributed by atoms with Crippen LogP contribution < -0.4 is 20.5 Å². The average molecular weight is 262 g/mol. The minimum atomic E-state index is -0.0603. The van der Waals surface area contributed by atoms with Gasteiger partial charge >= 0.3 is 0 Å². The van der Waals surface area contributed by atoms with Gasteiger partial charge in [-0.05, 0) is 43.9 Å². The molecule has 0 bridgehead atoms. The van der Waals surface area contributed by atoms with E-state index in [4.69, 9.17) is 15.2 Å². The van der Waals surface area contributed by atoms with E-state index in [1.165, 1.54) is 0 Å². The SMILES string of the molecule is Cc1cc2c(cc1C(=O)NC1CCC(N)C1)OCO2. The fraction of sp³-hybridized carbons (Fsp3) is 0.500. The Bertz CT molecular complexity index is 516. The van der Waals surface area contributed by atoms with Crippen LogP contribution in [-0.4, -0.2) is 24.8 Å². The highest BCUT2D eigenvalue weighted by molar-refractivity contribution is 5.96. The number of benzene rings is 1. The number of carbonyl (C=O) groups is 1. The van der Waals surface area contributed by atoms with Crippen LogP contribution in [0, 0.1) is 6.92 Å². The normalized spacial score (nSPS) is 24.5. The molecule has 0 radical (unpaired) electrons. The molecule has 5 heteroatoms. The van der Waals surface area contributed by atoms with Crippen molar-refractivity contribution in [2.24, 2.45) is 5.73 Å². The van der Waals surface area contributed by atoms with Crippen LogP contribution in [0.5, 0.6) is 11.5 Å². The Hall–Kier alpha value is -1.75. The summed E-state index contributed by atoms with van der Waals surface area (Å²) in [4.78, 5) is 12.3. The first kappa shape index (κ1) is 12.3. The lowest BCUT2D eigenvalue weighted by molar-refractivity contribution is 0.0936. The van der Waals surface area contributed by atoms with E-state index in [0.29, 0.717) is 17.1 Å². The van der Waals surface area contributed by atoms with E-state index in [9.17, 15) is 4.79 Å². The zero-order chi connectivity index (χ0) is 13.4. The van der Waals surface area contributed by atoms with Crippen molar-refractivity contribution < 1.29 is 14.3 Å². The molecule has 1 fully saturated rings. The second-order valence-corrected chi connectivity index (χ2v) is 5.26. The summed E-state index contributed by atoms with van der Waals surface area (Å²) in [5.74, 6) is 1.28. The van der Waals surface area contributed by atoms with Crippen LogP contribution in [0.25, 0.3) is 0 Å². The average Bonchev–Trinajstić information content (AvgIpc) is 2.96. The number of ether oxygens (including phenoxy) is 2. The van der Waals surface area contributed by atoms with Crippen molar-refractivity contribution >= 4 is 5.91 Å². The fourth-order valence-corrected chi connectivity index (χ4v) is 2.70. The molecule has 1 aliphatic heterocycles. The van der Waals surface area contributed by atoms with E-state index in [0.717, 1.165) is 24.8 Å². The monoisotopic (exact) mass is 262 g/mol. The molecule has 1 heterocycles. The van der Waals surface area contributed by atoms with E-state index < -0.39 is 0 Å². The lowest BCUT2D eigenvalue weighted by atomic mass is 10.1. The smallest absolute Gasteiger partial charge is 0.251 e. The predicted molar refractivity (Wildman–Crippen MR) is 70.4 cm³/mol. The summed E-state index contributed by atoms with van der Waals surface area (Å²) in [6.45, 7) is 2.12. The third-order valence-corrected chi connectivity index (χ3v) is 3.77. The van der Waals surface area contributed by atoms with Crippen molar-refractivity contribution in [3.63, 3.8) is 0 Å². The van der Waals surface area contributed by atoms with Gasteiger partial charge in [0.05, 0.1) is 0 Å². The zero-order valence-corrected chi connectivity index (χ0v) is 10.9. The van der Waals surface area contributed by atoms with Crippen LogP contribution in [0.15, 0.2) is 12.1 Å². The molecule has 2 unspecified atom stereocenters. The van der Waals surface area contributed by atoms with E-state index in [-0.39, 0.29) is 24.8 Å². The number of hydrogen-bond acceptors (Lipinski definition) is 4. The van der Waals surface area contributed by atoms with E-state index in [1.54, 1.807) is 6.07 Å². The standard InChI is InChI=1S/C14H18N2O3/c1-8-4-12-13(19-7-18-12)6-11(8)14(17)16-10-3-2-9(15)5-10/h4,6,9-10H,2-3,5,7,15H2,1H3,(H,16,17). The molecule has 3 N–H and O–H groups in total. The number of carbonyl (C=O) groups excluding carboxylic acids is 1. The molecule has 0 saturated heterocycles. The van der Waals surface area contributed by atoms with Crippen LogP contribution in [0.1, 0.15) is 35.2 Å². The molecule has 19 heavy (non-hydrogen) atoms. The van der Waals surface area contributed by atoms with Crippen molar-refractivity contribution in [1.82, 2.24) is 5.32 Å². The molecule has 1 aliphatic carbocycles. The molecule has 3 rings (SSSR count). The second kappa shape index (κ2) is 4.74. The minimum Gasteiger partial charge on any atom is -0.454 e. The Kier molecular flexibility index (Phi) is 3.06. The Morgan fingerprint density at radius 2 is 2.05 bits per heavy atom. The van der Waals surface area contributed by atoms with Gasteiger partial charge in [-0.25, -0.2) is 0 Å². The van der Waals surface area contributed by atoms with Crippen molar-refractivity contribution in [3.05, 3.63) is 23.3 Å². The number of fused-ring (bicyclic) bond motifs is 1. The van der Waals surface area contributed by atoms with Gasteiger partial charge in [0.25, 0.3) is 5.91 Å². The van der Waals surface area contributed by atoms with Crippen molar-refractivity contribution in [1.29, 1.82) is 0 Å². The van der Waals surface area contributed by atoms with Gasteiger partial charge in [0.1, 0.15) is 0 Å². The molecular weight excluding hydrogens is 244 g/mol. The van der Waals surface area contributed by atoms with E-state index in [1.807, 2.05) is 13.0 Å². The summed E-state index contributed by atoms with van der Waals surface area (Å²) in [6.07, 6.45) is 2.79. The molecular formula is C14H18N2O3. The molecule has 0 spiro atoms. The summed E-state index contributed by atoms with van der Waals surface area (Å²) in [6, 6.07) is 4.00. The maximum absolute atomic E-state index is 12.3. The van der Waals surface area contributed by atoms with Gasteiger partial charge in [-0.1, -0.05) is 0 Å². The first-order chi connectivity index (χ1) is 9.13. The van der Waals surface area contributed by atoms with E-state index >= 15 is 0 Å². The lowest BCUT2D eigenvalue weighted by Crippen LogP contribution is -2.34. The highest BCUT2D eigenvalue weighted by Gasteiger charge is 2.25. The molecule has 1 aromatic carbocycles. The second-order valence-electron chi connectivity index (χ2n) is 5.26. The number of nitrogens with one attached hydrogen (secondary N) is 1. The number of nitrogens with two attached hydrogens (primary N) is 1. The van der Waals surface area contributed by atoms with Crippen LogP contribution in [0.3, 0.4) is 0 Å². The van der Waals surface area contributed by atoms with Crippen LogP contribution in [0.2, 0.25) is 0 Å². The largest absolute Gasteiger partial charge is 0.454 e. The summed E-state index contributed by atoms with van der Waals surface area (Å²) in [7, 11) is 0. The molecule has 5 nitrogen and oxygen atoms in total. The van der Waals surface area contributed by atoms with E-state index in [2.05, 4.69) is 5.32 Å². The molecule has 0 aromatic heterocycles. The Labute approximate surface area is 112 Å². The summed E-state index contributed by atoms with van der Waals surface area (Å²) < 4.78 is 10.6. The van der Waals surface area contributed by atoms with Gasteiger partial charge in [0.2, 0.25) is 6.79 Å². The van der Waals surface area contributed by atoms with Gasteiger partial charge < -0.3 is 20.5 Å². The summed E-state index contributed by atoms with van der Waals surface area (Å²) in [5, 5.41) is 3.04. The fourth-order valence-electron chi connectivity index (χ4n) is 2.70. The highest BCUT2D eigenvalue weighted by Crippen LogP contribution is 2.34. The Balaban J connectivity index is 1.76. The topological polar surface area (TPSA) is 73.6 Å². The van der Waals surface area contributed by atoms with Crippen molar-refractivity contribution in [3.8, 4) is 11.5 Å². The first-order valence-corrected chi connectivity index (χ1v) is 6.60. The van der Waals surface area contributed by atoms with Gasteiger partial charge in [0, 0.05) is 17.6 Å². The molecule has 2 atom stereocenters. The lowest BCUT2D eigenvalue weighted by Gasteiger charge is -2.14. The molecule has 102 valence electrons. The Morgan fingerprint density at radius 3 is 2.74 bits per heavy atom. The van der Waals surface area contributed by atoms with Gasteiger partial charge in [-0.2, -0.15) is 0 Å². The predicted octanol–water partition coefficient (Wildman–Crippen LogP) is 1.33. The number of amides is 1. The number of hydrogen-bond donors (Lipinski definition) is 2. The molecule has 1 amide bonds. The number of aryl methyl sites for hydroxylation is 1. The quantitative estimate of drug-likeness (QED) is 0.843. The maximum Gasteiger partial charge on any atom is 0.251 e. The molecule has 1 saturated carbocycles. The zero-order valence-electron chi connectivity index (χ0n) is 10.9. The van der Waals surface area contributed by atoms with Crippen LogP contribution in [0.4, 0.5) is 0 Å². The molecule has 2 aliphatic rings. The van der Waals surface area contributed by atoms with Gasteiger partial charge in [-0.3, -0.25) is 4.79 Å². The van der Waals surface area contributed by atoms with Crippen molar-refractivity contribution in [2.45, 2.75) is 38.3 Å². The summed E-state index contributed by atoms with van der Waals surface area (Å²) in [5.41, 5.74) is 7.39. The third-order valence-electron chi connectivity index (χ3n) is 3.77. The molecule has 1 aromatic rings. The van der Waals surface area contributed by atoms with Gasteiger partial charge in [0.15, 0.2) is 11.5 Å². The van der Waals surface area contributed by atoms with Crippen molar-refractivity contribution in [2.75, 3.05) is 6.79 Å².